The molecular formula is C92H116N16O21S. The molecule has 0 bridgehead atoms. The number of hydrogen-bond donors (Lipinski definition) is 16. The number of H-pyrrole nitrogens is 1. The maximum Gasteiger partial charge on any atom is 0.305 e. The van der Waals surface area contributed by atoms with Gasteiger partial charge in [-0.25, -0.2) is 0 Å². The van der Waals surface area contributed by atoms with Gasteiger partial charge >= 0.3 is 11.9 Å². The number of aryl methyl sites for hydroxylation is 1. The Morgan fingerprint density at radius 2 is 0.892 bits per heavy atom. The van der Waals surface area contributed by atoms with Crippen molar-refractivity contribution in [3.63, 3.8) is 0 Å². The average Bonchev–Trinajstić information content (AvgIpc) is 1.67. The molecule has 38 heteroatoms. The van der Waals surface area contributed by atoms with E-state index in [-0.39, 0.29) is 80.3 Å². The van der Waals surface area contributed by atoms with E-state index in [0.29, 0.717) is 39.6 Å². The summed E-state index contributed by atoms with van der Waals surface area (Å²) in [5, 5.41) is 67.0. The van der Waals surface area contributed by atoms with Crippen LogP contribution in [0.4, 0.5) is 0 Å². The number of aromatic nitrogens is 1. The molecule has 0 aliphatic heterocycles. The van der Waals surface area contributed by atoms with Crippen LogP contribution in [0.1, 0.15) is 93.2 Å². The molecule has 0 radical (unpaired) electrons. The molecule has 0 spiro atoms. The Kier molecular flexibility index (Phi) is 40.3. The highest BCUT2D eigenvalue weighted by Crippen LogP contribution is 2.23. The van der Waals surface area contributed by atoms with Crippen LogP contribution in [0.2, 0.25) is 0 Å². The summed E-state index contributed by atoms with van der Waals surface area (Å²) >= 11 is 0.905. The molecule has 7 aromatic rings. The molecule has 0 aliphatic rings. The Balaban J connectivity index is 1.11. The molecule has 10 atom stereocenters. The first-order chi connectivity index (χ1) is 61.8. The SMILES string of the molecule is CNC(=O)C(Cc1ccccc1)NC(=O)CSCC(NC(=O)C(CC(C)C)NC(=O)C(Cc1ccc(O)cc1)NC(=O)C(Cc1c[nH]c2ccccc12)NC(=O)CN(C)C(=O)C(Cc1ccc(O)cc1)NC(=O)C(Cc1ccccc1)N(C)C(=O)C(NC(=O)C(CC(=O)O)NC(=O)CN(C)C(=O)C(CCC(=O)O)N(C)C(=O)CCc1ccccc1)C(C)C)C(=O)NCC(N)=O. The molecular weight excluding hydrogens is 1700 g/mol. The number of para-hydroxylation sites is 1. The number of phenols is 2. The molecule has 17 N–H and O–H groups in total. The maximum atomic E-state index is 15.4. The molecule has 0 saturated carbocycles. The molecule has 0 fully saturated rings. The summed E-state index contributed by atoms with van der Waals surface area (Å²) in [6.07, 6.45) is -1.06. The van der Waals surface area contributed by atoms with Gasteiger partial charge in [-0.2, -0.15) is 0 Å². The predicted octanol–water partition coefficient (Wildman–Crippen LogP) is 1.30. The average molecular weight is 1810 g/mol. The Morgan fingerprint density at radius 1 is 0.431 bits per heavy atom. The van der Waals surface area contributed by atoms with Gasteiger partial charge in [0.15, 0.2) is 0 Å². The van der Waals surface area contributed by atoms with Gasteiger partial charge in [0.25, 0.3) is 0 Å². The van der Waals surface area contributed by atoms with Crippen molar-refractivity contribution in [2.75, 3.05) is 66.4 Å². The number of hydrogen-bond acceptors (Lipinski definition) is 20. The Labute approximate surface area is 756 Å². The molecule has 1 aromatic heterocycles. The molecule has 15 amide bonds. The number of carbonyl (C=O) groups excluding carboxylic acids is 15. The van der Waals surface area contributed by atoms with Gasteiger partial charge in [-0.1, -0.05) is 161 Å². The third-order valence-electron chi connectivity index (χ3n) is 21.3. The number of likely N-dealkylation sites (N-methyl/N-ethyl adjacent to an activating group) is 5. The standard InChI is InChI=1S/C92H116N16O21S/c1-54(2)41-66(85(122)103-72(84(121)96-49-75(93)111)52-130-53-78(114)99-67(83(120)94-5)42-57-23-15-11-16-24-57)100-86(123)68(43-59-29-34-62(109)35-30-59)101-87(124)69(46-61-48-95-65-28-20-19-27-64(61)65)97-76(112)50-105(6)90(127)71(44-60-31-36-63(110)37-32-60)102-89(126)74(45-58-25-17-12-18-26-58)108(9)92(129)82(55(3)4)104-88(125)70(47-81(118)119)98-77(113)51-106(7)91(128)73(38-40-80(116)117)107(8)79(115)39-33-56-21-13-10-14-22-56/h10-32,34-37,48,54-55,66-74,82,95,109-110H,33,38-47,49-53H2,1-9H3,(H2,93,111)(H,94,120)(H,96,121)(H,97,112)(H,98,113)(H,99,114)(H,100,123)(H,101,124)(H,102,126)(H,103,122)(H,104,125)(H,116,117)(H,118,119). The van der Waals surface area contributed by atoms with Gasteiger partial charge in [0.1, 0.15) is 71.9 Å². The second kappa shape index (κ2) is 51.0. The van der Waals surface area contributed by atoms with Crippen molar-refractivity contribution in [2.24, 2.45) is 17.6 Å². The summed E-state index contributed by atoms with van der Waals surface area (Å²) in [5.41, 5.74) is 9.38. The lowest BCUT2D eigenvalue weighted by atomic mass is 9.98. The lowest BCUT2D eigenvalue weighted by Gasteiger charge is -2.34. The number of carboxylic acid groups (broad SMARTS) is 2. The van der Waals surface area contributed by atoms with Crippen LogP contribution in [0.25, 0.3) is 10.9 Å². The molecule has 1 heterocycles. The van der Waals surface area contributed by atoms with Gasteiger partial charge < -0.3 is 104 Å². The number of aliphatic carboxylic acids is 2. The van der Waals surface area contributed by atoms with Crippen molar-refractivity contribution in [1.82, 2.24) is 77.8 Å². The minimum absolute atomic E-state index is 0.0464. The van der Waals surface area contributed by atoms with Crippen LogP contribution in [0.3, 0.4) is 0 Å². The van der Waals surface area contributed by atoms with E-state index < -0.39 is 199 Å². The van der Waals surface area contributed by atoms with Gasteiger partial charge in [0.2, 0.25) is 88.6 Å². The Hall–Kier alpha value is -14.2. The first-order valence-corrected chi connectivity index (χ1v) is 43.4. The number of carbonyl (C=O) groups is 17. The number of thioether (sulfide) groups is 1. The highest BCUT2D eigenvalue weighted by Gasteiger charge is 2.40. The number of nitrogens with one attached hydrogen (secondary N) is 11. The first kappa shape index (κ1) is 103. The van der Waals surface area contributed by atoms with Crippen LogP contribution in [0.5, 0.6) is 11.5 Å². The maximum absolute atomic E-state index is 15.4. The predicted molar refractivity (Wildman–Crippen MR) is 482 cm³/mol. The molecule has 37 nitrogen and oxygen atoms in total. The van der Waals surface area contributed by atoms with E-state index in [0.717, 1.165) is 42.5 Å². The summed E-state index contributed by atoms with van der Waals surface area (Å²) in [5.74, 6) is -17.8. The first-order valence-electron chi connectivity index (χ1n) is 42.2. The van der Waals surface area contributed by atoms with Gasteiger partial charge in [-0.15, -0.1) is 11.8 Å². The fraction of sp³-hybridized carbons (Fsp3) is 0.402. The fourth-order valence-electron chi connectivity index (χ4n) is 14.2. The minimum Gasteiger partial charge on any atom is -0.508 e. The monoisotopic (exact) mass is 1810 g/mol. The second-order valence-electron chi connectivity index (χ2n) is 32.4. The number of amides is 15. The van der Waals surface area contributed by atoms with Crippen LogP contribution < -0.4 is 58.9 Å². The number of nitrogens with zero attached hydrogens (tertiary/aromatic N) is 4. The normalized spacial score (nSPS) is 13.4. The van der Waals surface area contributed by atoms with Gasteiger partial charge in [-0.3, -0.25) is 81.5 Å². The highest BCUT2D eigenvalue weighted by molar-refractivity contribution is 8.00. The number of aromatic hydroxyl groups is 2. The number of primary amides is 1. The van der Waals surface area contributed by atoms with Crippen molar-refractivity contribution in [1.29, 1.82) is 0 Å². The quantitative estimate of drug-likeness (QED) is 0.0255. The summed E-state index contributed by atoms with van der Waals surface area (Å²) in [7, 11) is 6.43. The topological polar surface area (TPSA) is 546 Å². The van der Waals surface area contributed by atoms with E-state index in [2.05, 4.69) is 58.2 Å². The zero-order chi connectivity index (χ0) is 95.4. The fourth-order valence-corrected chi connectivity index (χ4v) is 15.1. The summed E-state index contributed by atoms with van der Waals surface area (Å²) in [6, 6.07) is 29.6. The number of carboxylic acids is 2. The van der Waals surface area contributed by atoms with E-state index in [4.69, 9.17) is 5.73 Å². The summed E-state index contributed by atoms with van der Waals surface area (Å²) in [6.45, 7) is 4.31. The van der Waals surface area contributed by atoms with Crippen molar-refractivity contribution in [2.45, 2.75) is 159 Å². The third kappa shape index (κ3) is 33.2. The van der Waals surface area contributed by atoms with Crippen LogP contribution in [0, 0.1) is 11.8 Å². The molecule has 0 aliphatic carbocycles. The van der Waals surface area contributed by atoms with Crippen LogP contribution >= 0.6 is 11.8 Å². The number of benzene rings is 6. The Bertz CT molecular complexity index is 5090. The van der Waals surface area contributed by atoms with Gasteiger partial charge in [-0.05, 0) is 94.8 Å². The van der Waals surface area contributed by atoms with Crippen molar-refractivity contribution >= 4 is 123 Å². The highest BCUT2D eigenvalue weighted by atomic mass is 32.2. The van der Waals surface area contributed by atoms with E-state index in [1.54, 1.807) is 123 Å². The van der Waals surface area contributed by atoms with Gasteiger partial charge in [0, 0.05) is 103 Å². The van der Waals surface area contributed by atoms with E-state index in [9.17, 15) is 78.0 Å². The van der Waals surface area contributed by atoms with E-state index >= 15 is 24.0 Å². The smallest absolute Gasteiger partial charge is 0.305 e. The van der Waals surface area contributed by atoms with Crippen LogP contribution in [-0.2, 0) is 120 Å². The number of fused-ring (bicyclic) bond motifs is 1. The minimum atomic E-state index is -1.90. The zero-order valence-corrected chi connectivity index (χ0v) is 74.7. The van der Waals surface area contributed by atoms with Crippen molar-refractivity contribution in [3.8, 4) is 11.5 Å². The second-order valence-corrected chi connectivity index (χ2v) is 33.4. The lowest BCUT2D eigenvalue weighted by molar-refractivity contribution is -0.147. The molecule has 7 rings (SSSR count). The number of nitrogens with two attached hydrogens (primary N) is 1. The lowest BCUT2D eigenvalue weighted by Crippen LogP contribution is -2.61. The molecule has 6 aromatic carbocycles. The number of phenolic OH excluding ortho intramolecular Hbond substituents is 2. The summed E-state index contributed by atoms with van der Waals surface area (Å²) in [4.78, 5) is 245. The molecule has 130 heavy (non-hydrogen) atoms. The zero-order valence-electron chi connectivity index (χ0n) is 73.9. The largest absolute Gasteiger partial charge is 0.508 e. The van der Waals surface area contributed by atoms with E-state index in [1.165, 1.54) is 97.6 Å². The molecule has 696 valence electrons. The van der Waals surface area contributed by atoms with Crippen LogP contribution in [-0.4, -0.2) is 272 Å². The van der Waals surface area contributed by atoms with Crippen LogP contribution in [0.15, 0.2) is 170 Å². The van der Waals surface area contributed by atoms with Gasteiger partial charge in [0.05, 0.1) is 31.8 Å². The van der Waals surface area contributed by atoms with E-state index in [1.807, 2.05) is 12.1 Å². The molecule has 0 saturated heterocycles. The van der Waals surface area contributed by atoms with Crippen molar-refractivity contribution < 1.29 is 102 Å². The Morgan fingerprint density at radius 3 is 1.43 bits per heavy atom. The molecule has 10 unspecified atom stereocenters. The summed E-state index contributed by atoms with van der Waals surface area (Å²) < 4.78 is 0. The number of rotatable bonds is 51. The van der Waals surface area contributed by atoms with Crippen molar-refractivity contribution in [3.05, 3.63) is 203 Å². The number of aromatic amines is 1. The third-order valence-corrected chi connectivity index (χ3v) is 22.3.